The molecule has 1 aromatic heterocycles. The molecule has 0 bridgehead atoms. The number of aromatic nitrogens is 2. The fourth-order valence-electron chi connectivity index (χ4n) is 1.22. The number of anilines is 1. The van der Waals surface area contributed by atoms with Gasteiger partial charge in [0.25, 0.3) is 0 Å². The summed E-state index contributed by atoms with van der Waals surface area (Å²) in [6.07, 6.45) is 1.66. The smallest absolute Gasteiger partial charge is 0.161 e. The first-order chi connectivity index (χ1) is 7.16. The third-order valence-electron chi connectivity index (χ3n) is 2.08. The lowest BCUT2D eigenvalue weighted by Crippen LogP contribution is -1.96. The first kappa shape index (κ1) is 10.1. The largest absolute Gasteiger partial charge is 0.383 e. The van der Waals surface area contributed by atoms with Crippen molar-refractivity contribution in [2.75, 3.05) is 5.73 Å². The molecule has 76 valence electrons. The van der Waals surface area contributed by atoms with Crippen molar-refractivity contribution < 1.29 is 0 Å². The Morgan fingerprint density at radius 3 is 2.47 bits per heavy atom. The molecule has 1 aromatic carbocycles. The third kappa shape index (κ3) is 2.15. The number of nitrogen functional groups attached to an aromatic ring is 1. The average molecular weight is 264 g/mol. The second-order valence-corrected chi connectivity index (χ2v) is 4.15. The van der Waals surface area contributed by atoms with E-state index in [2.05, 4.69) is 25.9 Å². The minimum Gasteiger partial charge on any atom is -0.383 e. The van der Waals surface area contributed by atoms with Crippen LogP contribution in [0.25, 0.3) is 11.4 Å². The summed E-state index contributed by atoms with van der Waals surface area (Å²) in [6.45, 7) is 2.04. The normalized spacial score (nSPS) is 10.3. The number of halogens is 1. The summed E-state index contributed by atoms with van der Waals surface area (Å²) < 4.78 is 0.721. The van der Waals surface area contributed by atoms with Gasteiger partial charge in [-0.2, -0.15) is 0 Å². The standard InChI is InChI=1S/C11H10BrN3/c1-7-2-4-8(5-3-7)11-14-6-9(12)10(13)15-11/h2-6H,1H3,(H2,13,14,15). The van der Waals surface area contributed by atoms with Crippen molar-refractivity contribution >= 4 is 21.7 Å². The molecule has 3 nitrogen and oxygen atoms in total. The van der Waals surface area contributed by atoms with E-state index in [9.17, 15) is 0 Å². The van der Waals surface area contributed by atoms with Crippen LogP contribution in [0.4, 0.5) is 5.82 Å². The summed E-state index contributed by atoms with van der Waals surface area (Å²) in [4.78, 5) is 8.39. The molecule has 0 radical (unpaired) electrons. The molecule has 0 fully saturated rings. The molecule has 1 heterocycles. The molecule has 0 unspecified atom stereocenters. The Morgan fingerprint density at radius 2 is 1.87 bits per heavy atom. The lowest BCUT2D eigenvalue weighted by molar-refractivity contribution is 1.17. The number of aryl methyl sites for hydroxylation is 1. The summed E-state index contributed by atoms with van der Waals surface area (Å²) in [5.41, 5.74) is 7.87. The van der Waals surface area contributed by atoms with Gasteiger partial charge in [-0.05, 0) is 22.9 Å². The van der Waals surface area contributed by atoms with Crippen LogP contribution in [0.2, 0.25) is 0 Å². The Kier molecular flexibility index (Phi) is 2.68. The molecule has 0 amide bonds. The summed E-state index contributed by atoms with van der Waals surface area (Å²) >= 11 is 3.26. The average Bonchev–Trinajstić information content (AvgIpc) is 2.23. The van der Waals surface area contributed by atoms with Crippen LogP contribution in [-0.2, 0) is 0 Å². The lowest BCUT2D eigenvalue weighted by Gasteiger charge is -2.02. The van der Waals surface area contributed by atoms with Crippen LogP contribution >= 0.6 is 15.9 Å². The molecular formula is C11H10BrN3. The van der Waals surface area contributed by atoms with Crippen molar-refractivity contribution in [2.45, 2.75) is 6.92 Å². The van der Waals surface area contributed by atoms with E-state index in [4.69, 9.17) is 5.73 Å². The maximum absolute atomic E-state index is 5.69. The number of nitrogens with two attached hydrogens (primary N) is 1. The van der Waals surface area contributed by atoms with Crippen molar-refractivity contribution in [2.24, 2.45) is 0 Å². The van der Waals surface area contributed by atoms with Crippen molar-refractivity contribution in [1.82, 2.24) is 9.97 Å². The summed E-state index contributed by atoms with van der Waals surface area (Å²) in [5, 5.41) is 0. The Labute approximate surface area is 96.5 Å². The highest BCUT2D eigenvalue weighted by Crippen LogP contribution is 2.20. The molecule has 4 heteroatoms. The molecule has 15 heavy (non-hydrogen) atoms. The maximum Gasteiger partial charge on any atom is 0.161 e. The van der Waals surface area contributed by atoms with Crippen LogP contribution in [0.5, 0.6) is 0 Å². The van der Waals surface area contributed by atoms with E-state index in [-0.39, 0.29) is 0 Å². The van der Waals surface area contributed by atoms with Gasteiger partial charge < -0.3 is 5.73 Å². The topological polar surface area (TPSA) is 51.8 Å². The molecule has 0 aliphatic carbocycles. The van der Waals surface area contributed by atoms with E-state index >= 15 is 0 Å². The van der Waals surface area contributed by atoms with Gasteiger partial charge in [0.05, 0.1) is 4.47 Å². The summed E-state index contributed by atoms with van der Waals surface area (Å²) in [6, 6.07) is 8.02. The minimum atomic E-state index is 0.459. The van der Waals surface area contributed by atoms with Gasteiger partial charge >= 0.3 is 0 Å². The van der Waals surface area contributed by atoms with Gasteiger partial charge in [-0.3, -0.25) is 0 Å². The molecule has 0 saturated heterocycles. The van der Waals surface area contributed by atoms with Gasteiger partial charge in [-0.1, -0.05) is 29.8 Å². The molecule has 2 aromatic rings. The van der Waals surface area contributed by atoms with Gasteiger partial charge in [0, 0.05) is 11.8 Å². The molecule has 0 spiro atoms. The van der Waals surface area contributed by atoms with Crippen LogP contribution < -0.4 is 5.73 Å². The first-order valence-electron chi connectivity index (χ1n) is 4.52. The Morgan fingerprint density at radius 1 is 1.20 bits per heavy atom. The second-order valence-electron chi connectivity index (χ2n) is 3.29. The van der Waals surface area contributed by atoms with Crippen LogP contribution in [0.1, 0.15) is 5.56 Å². The Hall–Kier alpha value is -1.42. The Bertz CT molecular complexity index is 480. The van der Waals surface area contributed by atoms with E-state index in [1.165, 1.54) is 5.56 Å². The number of nitrogens with zero attached hydrogens (tertiary/aromatic N) is 2. The van der Waals surface area contributed by atoms with E-state index in [0.29, 0.717) is 11.6 Å². The molecule has 2 rings (SSSR count). The maximum atomic E-state index is 5.69. The third-order valence-corrected chi connectivity index (χ3v) is 2.69. The van der Waals surface area contributed by atoms with E-state index in [0.717, 1.165) is 10.0 Å². The van der Waals surface area contributed by atoms with Crippen LogP contribution in [0.15, 0.2) is 34.9 Å². The highest BCUT2D eigenvalue weighted by Gasteiger charge is 2.03. The van der Waals surface area contributed by atoms with Gasteiger partial charge in [0.1, 0.15) is 5.82 Å². The van der Waals surface area contributed by atoms with E-state index in [1.54, 1.807) is 6.20 Å². The SMILES string of the molecule is Cc1ccc(-c2ncc(Br)c(N)n2)cc1. The molecule has 0 atom stereocenters. The van der Waals surface area contributed by atoms with Crippen molar-refractivity contribution in [1.29, 1.82) is 0 Å². The predicted molar refractivity (Wildman–Crippen MR) is 64.3 cm³/mol. The van der Waals surface area contributed by atoms with Crippen LogP contribution in [-0.4, -0.2) is 9.97 Å². The number of benzene rings is 1. The molecule has 0 aliphatic heterocycles. The second kappa shape index (κ2) is 3.98. The van der Waals surface area contributed by atoms with Gasteiger partial charge in [0.15, 0.2) is 5.82 Å². The molecule has 2 N–H and O–H groups in total. The van der Waals surface area contributed by atoms with Crippen molar-refractivity contribution in [3.05, 3.63) is 40.5 Å². The molecule has 0 aliphatic rings. The van der Waals surface area contributed by atoms with Crippen molar-refractivity contribution in [3.8, 4) is 11.4 Å². The number of rotatable bonds is 1. The van der Waals surface area contributed by atoms with Crippen LogP contribution in [0, 0.1) is 6.92 Å². The lowest BCUT2D eigenvalue weighted by atomic mass is 10.1. The Balaban J connectivity index is 2.45. The quantitative estimate of drug-likeness (QED) is 0.861. The highest BCUT2D eigenvalue weighted by molar-refractivity contribution is 9.10. The van der Waals surface area contributed by atoms with E-state index < -0.39 is 0 Å². The number of hydrogen-bond donors (Lipinski definition) is 1. The zero-order valence-electron chi connectivity index (χ0n) is 8.24. The van der Waals surface area contributed by atoms with Crippen molar-refractivity contribution in [3.63, 3.8) is 0 Å². The molecule has 0 saturated carbocycles. The van der Waals surface area contributed by atoms with Gasteiger partial charge in [0.2, 0.25) is 0 Å². The monoisotopic (exact) mass is 263 g/mol. The van der Waals surface area contributed by atoms with Gasteiger partial charge in [-0.15, -0.1) is 0 Å². The summed E-state index contributed by atoms with van der Waals surface area (Å²) in [5.74, 6) is 1.11. The number of hydrogen-bond acceptors (Lipinski definition) is 3. The molecular weight excluding hydrogens is 254 g/mol. The zero-order chi connectivity index (χ0) is 10.8. The minimum absolute atomic E-state index is 0.459. The summed E-state index contributed by atoms with van der Waals surface area (Å²) in [7, 11) is 0. The van der Waals surface area contributed by atoms with Crippen LogP contribution in [0.3, 0.4) is 0 Å². The fraction of sp³-hybridized carbons (Fsp3) is 0.0909. The predicted octanol–water partition coefficient (Wildman–Crippen LogP) is 2.80. The first-order valence-corrected chi connectivity index (χ1v) is 5.31. The van der Waals surface area contributed by atoms with E-state index in [1.807, 2.05) is 31.2 Å². The fourth-order valence-corrected chi connectivity index (χ4v) is 1.41. The van der Waals surface area contributed by atoms with Gasteiger partial charge in [-0.25, -0.2) is 9.97 Å². The zero-order valence-corrected chi connectivity index (χ0v) is 9.82. The highest BCUT2D eigenvalue weighted by atomic mass is 79.9.